The molecular formula is C21H22N2O5. The van der Waals surface area contributed by atoms with Crippen LogP contribution in [0.2, 0.25) is 0 Å². The molecule has 0 aliphatic heterocycles. The number of fused-ring (bicyclic) bond motifs is 1. The van der Waals surface area contributed by atoms with Gasteiger partial charge in [-0.3, -0.25) is 20.4 Å². The van der Waals surface area contributed by atoms with Gasteiger partial charge in [0.15, 0.2) is 6.61 Å². The molecule has 0 atom stereocenters. The predicted molar refractivity (Wildman–Crippen MR) is 104 cm³/mol. The number of rotatable bonds is 6. The van der Waals surface area contributed by atoms with Gasteiger partial charge in [-0.15, -0.1) is 0 Å². The standard InChI is InChI=1S/C21H22N2O5/c1-13-6-14(2)8-17(7-13)27-12-21(25)23-22-20(24)9-15-11-28-19-10-16(26-3)4-5-18(15)19/h4-8,10-11H,9,12H2,1-3H3,(H,22,24)(H,23,25). The number of carbonyl (C=O) groups excluding carboxylic acids is 2. The van der Waals surface area contributed by atoms with Gasteiger partial charge in [-0.25, -0.2) is 0 Å². The van der Waals surface area contributed by atoms with Crippen LogP contribution in [0.4, 0.5) is 0 Å². The van der Waals surface area contributed by atoms with Gasteiger partial charge in [-0.1, -0.05) is 6.07 Å². The Morgan fingerprint density at radius 3 is 2.39 bits per heavy atom. The van der Waals surface area contributed by atoms with E-state index < -0.39 is 5.91 Å². The number of methoxy groups -OCH3 is 1. The van der Waals surface area contributed by atoms with Gasteiger partial charge in [0.05, 0.1) is 19.8 Å². The third kappa shape index (κ3) is 4.82. The third-order valence-electron chi connectivity index (χ3n) is 4.12. The van der Waals surface area contributed by atoms with Gasteiger partial charge in [-0.05, 0) is 49.2 Å². The normalized spacial score (nSPS) is 10.5. The monoisotopic (exact) mass is 382 g/mol. The lowest BCUT2D eigenvalue weighted by Gasteiger charge is -2.09. The molecule has 28 heavy (non-hydrogen) atoms. The van der Waals surface area contributed by atoms with E-state index in [0.717, 1.165) is 22.1 Å². The first-order valence-corrected chi connectivity index (χ1v) is 8.77. The van der Waals surface area contributed by atoms with Crippen molar-refractivity contribution in [2.75, 3.05) is 13.7 Å². The maximum atomic E-state index is 12.1. The van der Waals surface area contributed by atoms with E-state index in [1.54, 1.807) is 19.2 Å². The molecule has 1 heterocycles. The van der Waals surface area contributed by atoms with Crippen molar-refractivity contribution in [1.29, 1.82) is 0 Å². The van der Waals surface area contributed by atoms with Gasteiger partial charge in [0.2, 0.25) is 5.91 Å². The number of aryl methyl sites for hydroxylation is 2. The molecule has 0 saturated heterocycles. The van der Waals surface area contributed by atoms with Crippen LogP contribution in [0.25, 0.3) is 11.0 Å². The number of furan rings is 1. The van der Waals surface area contributed by atoms with E-state index >= 15 is 0 Å². The summed E-state index contributed by atoms with van der Waals surface area (Å²) in [5, 5.41) is 0.820. The van der Waals surface area contributed by atoms with E-state index in [1.807, 2.05) is 38.1 Å². The van der Waals surface area contributed by atoms with Crippen LogP contribution >= 0.6 is 0 Å². The van der Waals surface area contributed by atoms with Gasteiger partial charge in [0.1, 0.15) is 17.1 Å². The molecule has 1 aromatic heterocycles. The first-order chi connectivity index (χ1) is 13.4. The van der Waals surface area contributed by atoms with E-state index in [2.05, 4.69) is 10.9 Å². The first kappa shape index (κ1) is 19.3. The molecule has 0 aliphatic rings. The lowest BCUT2D eigenvalue weighted by atomic mass is 10.1. The summed E-state index contributed by atoms with van der Waals surface area (Å²) in [5.74, 6) is 0.473. The fourth-order valence-corrected chi connectivity index (χ4v) is 2.89. The molecule has 7 nitrogen and oxygen atoms in total. The molecule has 0 bridgehead atoms. The smallest absolute Gasteiger partial charge is 0.276 e. The molecule has 2 aromatic carbocycles. The summed E-state index contributed by atoms with van der Waals surface area (Å²) in [6.07, 6.45) is 1.59. The first-order valence-electron chi connectivity index (χ1n) is 8.77. The minimum Gasteiger partial charge on any atom is -0.497 e. The molecule has 0 spiro atoms. The summed E-state index contributed by atoms with van der Waals surface area (Å²) in [6, 6.07) is 11.1. The number of hydrogen-bond donors (Lipinski definition) is 2. The van der Waals surface area contributed by atoms with E-state index in [1.165, 1.54) is 6.26 Å². The van der Waals surface area contributed by atoms with Gasteiger partial charge < -0.3 is 13.9 Å². The molecule has 2 amide bonds. The van der Waals surface area contributed by atoms with E-state index in [9.17, 15) is 9.59 Å². The Hall–Kier alpha value is -3.48. The van der Waals surface area contributed by atoms with Crippen LogP contribution in [0.15, 0.2) is 47.1 Å². The Morgan fingerprint density at radius 2 is 1.68 bits per heavy atom. The maximum Gasteiger partial charge on any atom is 0.276 e. The molecule has 0 aliphatic carbocycles. The molecule has 7 heteroatoms. The average molecular weight is 382 g/mol. The second-order valence-electron chi connectivity index (χ2n) is 6.51. The number of amides is 2. The highest BCUT2D eigenvalue weighted by Gasteiger charge is 2.12. The molecule has 0 saturated carbocycles. The van der Waals surface area contributed by atoms with Crippen LogP contribution in [-0.4, -0.2) is 25.5 Å². The Balaban J connectivity index is 1.49. The van der Waals surface area contributed by atoms with E-state index in [4.69, 9.17) is 13.9 Å². The van der Waals surface area contributed by atoms with Crippen molar-refractivity contribution in [1.82, 2.24) is 10.9 Å². The number of hydrogen-bond acceptors (Lipinski definition) is 5. The molecule has 0 unspecified atom stereocenters. The minimum atomic E-state index is -0.450. The fraction of sp³-hybridized carbons (Fsp3) is 0.238. The summed E-state index contributed by atoms with van der Waals surface area (Å²) >= 11 is 0. The number of nitrogens with one attached hydrogen (secondary N) is 2. The lowest BCUT2D eigenvalue weighted by Crippen LogP contribution is -2.44. The summed E-state index contributed by atoms with van der Waals surface area (Å²) in [4.78, 5) is 24.0. The second kappa shape index (κ2) is 8.47. The topological polar surface area (TPSA) is 89.8 Å². The fourth-order valence-electron chi connectivity index (χ4n) is 2.89. The highest BCUT2D eigenvalue weighted by molar-refractivity contribution is 5.89. The Kier molecular flexibility index (Phi) is 5.84. The highest BCUT2D eigenvalue weighted by Crippen LogP contribution is 2.25. The molecule has 3 aromatic rings. The molecule has 146 valence electrons. The Bertz CT molecular complexity index is 989. The molecule has 0 fully saturated rings. The molecule has 3 rings (SSSR count). The zero-order valence-electron chi connectivity index (χ0n) is 16.0. The average Bonchev–Trinajstić information content (AvgIpc) is 3.05. The number of carbonyl (C=O) groups is 2. The molecular weight excluding hydrogens is 360 g/mol. The maximum absolute atomic E-state index is 12.1. The van der Waals surface area contributed by atoms with Crippen LogP contribution in [0, 0.1) is 13.8 Å². The van der Waals surface area contributed by atoms with Crippen molar-refractivity contribution >= 4 is 22.8 Å². The quantitative estimate of drug-likeness (QED) is 0.640. The Morgan fingerprint density at radius 1 is 0.964 bits per heavy atom. The number of hydrazine groups is 1. The van der Waals surface area contributed by atoms with Crippen molar-refractivity contribution in [3.8, 4) is 11.5 Å². The molecule has 0 radical (unpaired) electrons. The lowest BCUT2D eigenvalue weighted by molar-refractivity contribution is -0.129. The van der Waals surface area contributed by atoms with Crippen LogP contribution < -0.4 is 20.3 Å². The van der Waals surface area contributed by atoms with Gasteiger partial charge in [0, 0.05) is 17.0 Å². The zero-order chi connectivity index (χ0) is 20.1. The van der Waals surface area contributed by atoms with Gasteiger partial charge in [-0.2, -0.15) is 0 Å². The van der Waals surface area contributed by atoms with Crippen LogP contribution in [0.5, 0.6) is 11.5 Å². The zero-order valence-corrected chi connectivity index (χ0v) is 16.0. The summed E-state index contributed by atoms with van der Waals surface area (Å²) < 4.78 is 16.1. The van der Waals surface area contributed by atoms with Crippen LogP contribution in [0.1, 0.15) is 16.7 Å². The predicted octanol–water partition coefficient (Wildman–Crippen LogP) is 2.83. The summed E-state index contributed by atoms with van der Waals surface area (Å²) in [6.45, 7) is 3.71. The van der Waals surface area contributed by atoms with Crippen molar-refractivity contribution < 1.29 is 23.5 Å². The number of benzene rings is 2. The summed E-state index contributed by atoms with van der Waals surface area (Å²) in [5.41, 5.74) is 8.18. The van der Waals surface area contributed by atoms with Crippen molar-refractivity contribution in [2.24, 2.45) is 0 Å². The van der Waals surface area contributed by atoms with Crippen molar-refractivity contribution in [3.63, 3.8) is 0 Å². The van der Waals surface area contributed by atoms with Crippen molar-refractivity contribution in [3.05, 3.63) is 59.4 Å². The van der Waals surface area contributed by atoms with Crippen LogP contribution in [-0.2, 0) is 16.0 Å². The second-order valence-corrected chi connectivity index (χ2v) is 6.51. The third-order valence-corrected chi connectivity index (χ3v) is 4.12. The van der Waals surface area contributed by atoms with E-state index in [0.29, 0.717) is 17.1 Å². The van der Waals surface area contributed by atoms with E-state index in [-0.39, 0.29) is 18.9 Å². The Labute approximate surface area is 162 Å². The van der Waals surface area contributed by atoms with Gasteiger partial charge >= 0.3 is 0 Å². The summed E-state index contributed by atoms with van der Waals surface area (Å²) in [7, 11) is 1.57. The largest absolute Gasteiger partial charge is 0.497 e. The molecule has 2 N–H and O–H groups in total. The van der Waals surface area contributed by atoms with Crippen LogP contribution in [0.3, 0.4) is 0 Å². The SMILES string of the molecule is COc1ccc2c(CC(=O)NNC(=O)COc3cc(C)cc(C)c3)coc2c1. The highest BCUT2D eigenvalue weighted by atomic mass is 16.5. The van der Waals surface area contributed by atoms with Gasteiger partial charge in [0.25, 0.3) is 5.91 Å². The number of ether oxygens (including phenoxy) is 2. The van der Waals surface area contributed by atoms with Crippen molar-refractivity contribution in [2.45, 2.75) is 20.3 Å². The minimum absolute atomic E-state index is 0.0670.